The number of benzene rings is 1. The molecular weight excluding hydrogens is 382 g/mol. The summed E-state index contributed by atoms with van der Waals surface area (Å²) in [5, 5.41) is 0. The summed E-state index contributed by atoms with van der Waals surface area (Å²) in [4.78, 5) is 43.1. The van der Waals surface area contributed by atoms with Gasteiger partial charge in [-0.2, -0.15) is 0 Å². The molecule has 0 aromatic heterocycles. The Labute approximate surface area is 179 Å². The number of likely N-dealkylation sites (tertiary alicyclic amines) is 1. The molecule has 1 aromatic carbocycles. The Morgan fingerprint density at radius 3 is 2.47 bits per heavy atom. The van der Waals surface area contributed by atoms with E-state index in [4.69, 9.17) is 4.74 Å². The SMILES string of the molecule is Cc1ccc(OCC(=O)N2CCCN(C(=O)C3CC(=O)N(C(C)C)C3)CC2)c(C)c1. The first-order valence-corrected chi connectivity index (χ1v) is 10.8. The van der Waals surface area contributed by atoms with E-state index in [1.807, 2.05) is 50.8 Å². The fraction of sp³-hybridized carbons (Fsp3) is 0.609. The minimum Gasteiger partial charge on any atom is -0.484 e. The molecule has 0 N–H and O–H groups in total. The van der Waals surface area contributed by atoms with Gasteiger partial charge in [0.05, 0.1) is 5.92 Å². The Bertz CT molecular complexity index is 808. The first-order valence-electron chi connectivity index (χ1n) is 10.8. The van der Waals surface area contributed by atoms with Crippen molar-refractivity contribution in [2.24, 2.45) is 5.92 Å². The van der Waals surface area contributed by atoms with E-state index in [-0.39, 0.29) is 36.3 Å². The van der Waals surface area contributed by atoms with Crippen molar-refractivity contribution >= 4 is 17.7 Å². The van der Waals surface area contributed by atoms with Crippen molar-refractivity contribution in [1.29, 1.82) is 0 Å². The van der Waals surface area contributed by atoms with Crippen LogP contribution in [-0.4, -0.2) is 77.8 Å². The quantitative estimate of drug-likeness (QED) is 0.738. The molecule has 3 rings (SSSR count). The molecule has 1 aromatic rings. The minimum absolute atomic E-state index is 0.00166. The molecule has 2 aliphatic rings. The van der Waals surface area contributed by atoms with Crippen LogP contribution >= 0.6 is 0 Å². The highest BCUT2D eigenvalue weighted by atomic mass is 16.5. The lowest BCUT2D eigenvalue weighted by Gasteiger charge is -2.25. The number of carbonyl (C=O) groups excluding carboxylic acids is 3. The largest absolute Gasteiger partial charge is 0.484 e. The maximum Gasteiger partial charge on any atom is 0.260 e. The van der Waals surface area contributed by atoms with Crippen LogP contribution in [0.25, 0.3) is 0 Å². The van der Waals surface area contributed by atoms with Gasteiger partial charge in [-0.3, -0.25) is 14.4 Å². The Hall–Kier alpha value is -2.57. The summed E-state index contributed by atoms with van der Waals surface area (Å²) in [7, 11) is 0. The molecule has 7 nitrogen and oxygen atoms in total. The van der Waals surface area contributed by atoms with Crippen LogP contribution in [0.15, 0.2) is 18.2 Å². The van der Waals surface area contributed by atoms with E-state index < -0.39 is 0 Å². The molecule has 3 amide bonds. The third-order valence-corrected chi connectivity index (χ3v) is 5.97. The van der Waals surface area contributed by atoms with E-state index in [0.717, 1.165) is 23.3 Å². The molecule has 1 atom stereocenters. The van der Waals surface area contributed by atoms with Crippen molar-refractivity contribution in [3.8, 4) is 5.75 Å². The van der Waals surface area contributed by atoms with Crippen LogP contribution in [0.2, 0.25) is 0 Å². The van der Waals surface area contributed by atoms with Gasteiger partial charge in [0.1, 0.15) is 5.75 Å². The Morgan fingerprint density at radius 1 is 1.10 bits per heavy atom. The highest BCUT2D eigenvalue weighted by Gasteiger charge is 2.37. The first kappa shape index (κ1) is 22.1. The van der Waals surface area contributed by atoms with E-state index in [1.54, 1.807) is 9.80 Å². The average molecular weight is 416 g/mol. The predicted molar refractivity (Wildman–Crippen MR) is 114 cm³/mol. The van der Waals surface area contributed by atoms with Gasteiger partial charge in [-0.1, -0.05) is 17.7 Å². The van der Waals surface area contributed by atoms with Crippen LogP contribution < -0.4 is 4.74 Å². The van der Waals surface area contributed by atoms with E-state index in [1.165, 1.54) is 0 Å². The zero-order valence-electron chi connectivity index (χ0n) is 18.5. The highest BCUT2D eigenvalue weighted by Crippen LogP contribution is 2.23. The smallest absolute Gasteiger partial charge is 0.260 e. The normalized spacial score (nSPS) is 20.0. The van der Waals surface area contributed by atoms with E-state index in [2.05, 4.69) is 0 Å². The lowest BCUT2D eigenvalue weighted by Crippen LogP contribution is -2.42. The molecule has 2 fully saturated rings. The number of amides is 3. The second-order valence-corrected chi connectivity index (χ2v) is 8.66. The van der Waals surface area contributed by atoms with Crippen molar-refractivity contribution in [2.75, 3.05) is 39.3 Å². The fourth-order valence-electron chi connectivity index (χ4n) is 4.23. The van der Waals surface area contributed by atoms with Crippen LogP contribution in [-0.2, 0) is 14.4 Å². The second-order valence-electron chi connectivity index (χ2n) is 8.66. The zero-order valence-corrected chi connectivity index (χ0v) is 18.5. The van der Waals surface area contributed by atoms with Crippen molar-refractivity contribution in [2.45, 2.75) is 46.6 Å². The number of nitrogens with zero attached hydrogens (tertiary/aromatic N) is 3. The molecule has 164 valence electrons. The van der Waals surface area contributed by atoms with Gasteiger partial charge in [0.2, 0.25) is 11.8 Å². The van der Waals surface area contributed by atoms with Gasteiger partial charge in [-0.25, -0.2) is 0 Å². The van der Waals surface area contributed by atoms with Crippen molar-refractivity contribution < 1.29 is 19.1 Å². The molecule has 0 spiro atoms. The summed E-state index contributed by atoms with van der Waals surface area (Å²) >= 11 is 0. The fourth-order valence-corrected chi connectivity index (χ4v) is 4.23. The molecular formula is C23H33N3O4. The molecule has 0 bridgehead atoms. The molecule has 2 saturated heterocycles. The second kappa shape index (κ2) is 9.49. The summed E-state index contributed by atoms with van der Waals surface area (Å²) in [5.74, 6) is 0.480. The van der Waals surface area contributed by atoms with Crippen LogP contribution in [0.3, 0.4) is 0 Å². The molecule has 2 heterocycles. The van der Waals surface area contributed by atoms with E-state index in [0.29, 0.717) is 39.1 Å². The zero-order chi connectivity index (χ0) is 21.8. The Morgan fingerprint density at radius 2 is 1.80 bits per heavy atom. The van der Waals surface area contributed by atoms with Gasteiger partial charge < -0.3 is 19.4 Å². The van der Waals surface area contributed by atoms with Gasteiger partial charge in [0.15, 0.2) is 6.61 Å². The van der Waals surface area contributed by atoms with Gasteiger partial charge in [-0.15, -0.1) is 0 Å². The summed E-state index contributed by atoms with van der Waals surface area (Å²) < 4.78 is 5.73. The number of aryl methyl sites for hydroxylation is 2. The lowest BCUT2D eigenvalue weighted by atomic mass is 10.1. The van der Waals surface area contributed by atoms with Gasteiger partial charge in [0.25, 0.3) is 5.91 Å². The van der Waals surface area contributed by atoms with Crippen molar-refractivity contribution in [3.05, 3.63) is 29.3 Å². The highest BCUT2D eigenvalue weighted by molar-refractivity contribution is 5.89. The number of hydrogen-bond acceptors (Lipinski definition) is 4. The lowest BCUT2D eigenvalue weighted by molar-refractivity contribution is -0.137. The number of carbonyl (C=O) groups is 3. The first-order chi connectivity index (χ1) is 14.3. The van der Waals surface area contributed by atoms with Crippen LogP contribution in [0.5, 0.6) is 5.75 Å². The van der Waals surface area contributed by atoms with Gasteiger partial charge in [-0.05, 0) is 45.7 Å². The van der Waals surface area contributed by atoms with Crippen LogP contribution in [0.1, 0.15) is 37.8 Å². The number of hydrogen-bond donors (Lipinski definition) is 0. The number of ether oxygens (including phenoxy) is 1. The third kappa shape index (κ3) is 5.12. The summed E-state index contributed by atoms with van der Waals surface area (Å²) in [6, 6.07) is 6.01. The molecule has 1 unspecified atom stereocenters. The number of rotatable bonds is 5. The average Bonchev–Trinajstić information content (AvgIpc) is 2.93. The van der Waals surface area contributed by atoms with Crippen molar-refractivity contribution in [3.63, 3.8) is 0 Å². The van der Waals surface area contributed by atoms with Crippen LogP contribution in [0.4, 0.5) is 0 Å². The monoisotopic (exact) mass is 415 g/mol. The Kier molecular flexibility index (Phi) is 7.00. The molecule has 0 saturated carbocycles. The Balaban J connectivity index is 1.51. The topological polar surface area (TPSA) is 70.2 Å². The molecule has 0 radical (unpaired) electrons. The van der Waals surface area contributed by atoms with Gasteiger partial charge in [0, 0.05) is 45.2 Å². The van der Waals surface area contributed by atoms with Gasteiger partial charge >= 0.3 is 0 Å². The van der Waals surface area contributed by atoms with Crippen molar-refractivity contribution in [1.82, 2.24) is 14.7 Å². The summed E-state index contributed by atoms with van der Waals surface area (Å²) in [5.41, 5.74) is 2.17. The van der Waals surface area contributed by atoms with Crippen LogP contribution in [0, 0.1) is 19.8 Å². The maximum atomic E-state index is 12.9. The molecule has 30 heavy (non-hydrogen) atoms. The summed E-state index contributed by atoms with van der Waals surface area (Å²) in [6.45, 7) is 10.7. The molecule has 2 aliphatic heterocycles. The predicted octanol–water partition coefficient (Wildman–Crippen LogP) is 2.00. The molecule has 0 aliphatic carbocycles. The molecule has 7 heteroatoms. The maximum absolute atomic E-state index is 12.9. The van der Waals surface area contributed by atoms with E-state index in [9.17, 15) is 14.4 Å². The van der Waals surface area contributed by atoms with E-state index >= 15 is 0 Å². The minimum atomic E-state index is -0.269. The summed E-state index contributed by atoms with van der Waals surface area (Å²) in [6.07, 6.45) is 1.02. The standard InChI is InChI=1S/C23H33N3O4/c1-16(2)26-14-19(13-21(26)27)23(29)25-9-5-8-24(10-11-25)22(28)15-30-20-7-6-17(3)12-18(20)4/h6-7,12,16,19H,5,8-11,13-15H2,1-4H3. The third-order valence-electron chi connectivity index (χ3n) is 5.97.